The van der Waals surface area contributed by atoms with Crippen LogP contribution in [0.4, 0.5) is 5.69 Å². The second-order valence-electron chi connectivity index (χ2n) is 7.37. The number of aryl methyl sites for hydroxylation is 3. The van der Waals surface area contributed by atoms with E-state index >= 15 is 0 Å². The van der Waals surface area contributed by atoms with Crippen LogP contribution in [0, 0.1) is 20.8 Å². The average molecular weight is 466 g/mol. The molecule has 0 bridgehead atoms. The first-order chi connectivity index (χ1) is 14.8. The number of carbonyl (C=O) groups excluding carboxylic acids is 2. The van der Waals surface area contributed by atoms with Gasteiger partial charge in [-0.2, -0.15) is 0 Å². The first kappa shape index (κ1) is 21.8. The van der Waals surface area contributed by atoms with Gasteiger partial charge in [-0.3, -0.25) is 9.59 Å². The van der Waals surface area contributed by atoms with E-state index < -0.39 is 0 Å². The van der Waals surface area contributed by atoms with Crippen LogP contribution in [0.3, 0.4) is 0 Å². The van der Waals surface area contributed by atoms with Gasteiger partial charge in [0.05, 0.1) is 15.5 Å². The number of halogens is 1. The van der Waals surface area contributed by atoms with E-state index in [0.717, 1.165) is 26.5 Å². The predicted octanol–water partition coefficient (Wildman–Crippen LogP) is 6.93. The molecule has 3 nitrogen and oxygen atoms in total. The Hall–Kier alpha value is -2.47. The topological polar surface area (TPSA) is 37.4 Å². The number of nitrogens with zero attached hydrogens (tertiary/aromatic N) is 1. The van der Waals surface area contributed by atoms with Gasteiger partial charge >= 0.3 is 0 Å². The van der Waals surface area contributed by atoms with E-state index in [-0.39, 0.29) is 11.8 Å². The monoisotopic (exact) mass is 465 g/mol. The van der Waals surface area contributed by atoms with Crippen molar-refractivity contribution in [1.82, 2.24) is 0 Å². The molecule has 3 aromatic carbocycles. The molecule has 0 unspecified atom stereocenters. The summed E-state index contributed by atoms with van der Waals surface area (Å²) >= 11 is 8.92. The van der Waals surface area contributed by atoms with Crippen LogP contribution in [0.5, 0.6) is 0 Å². The molecule has 0 saturated heterocycles. The van der Waals surface area contributed by atoms with Gasteiger partial charge in [0.1, 0.15) is 0 Å². The number of hydrogen-bond acceptors (Lipinski definition) is 4. The lowest BCUT2D eigenvalue weighted by molar-refractivity contribution is -0.120. The van der Waals surface area contributed by atoms with E-state index in [4.69, 9.17) is 11.6 Å². The quantitative estimate of drug-likeness (QED) is 0.382. The molecule has 2 amide bonds. The smallest absolute Gasteiger partial charge is 0.268 e. The van der Waals surface area contributed by atoms with Crippen LogP contribution < -0.4 is 4.90 Å². The maximum absolute atomic E-state index is 13.4. The van der Waals surface area contributed by atoms with Crippen molar-refractivity contribution in [2.24, 2.45) is 0 Å². The van der Waals surface area contributed by atoms with Gasteiger partial charge in [-0.15, -0.1) is 0 Å². The molecule has 31 heavy (non-hydrogen) atoms. The van der Waals surface area contributed by atoms with Crippen LogP contribution >= 0.6 is 35.1 Å². The summed E-state index contributed by atoms with van der Waals surface area (Å²) in [5.41, 5.74) is 3.64. The Morgan fingerprint density at radius 3 is 1.55 bits per heavy atom. The van der Waals surface area contributed by atoms with Crippen molar-refractivity contribution in [3.63, 3.8) is 0 Å². The fraction of sp³-hybridized carbons (Fsp3) is 0.120. The fourth-order valence-corrected chi connectivity index (χ4v) is 5.23. The van der Waals surface area contributed by atoms with Crippen molar-refractivity contribution in [2.75, 3.05) is 4.90 Å². The minimum Gasteiger partial charge on any atom is -0.268 e. The molecule has 0 aliphatic carbocycles. The van der Waals surface area contributed by atoms with Crippen LogP contribution in [0.15, 0.2) is 86.3 Å². The third kappa shape index (κ3) is 4.59. The lowest BCUT2D eigenvalue weighted by Crippen LogP contribution is -2.31. The summed E-state index contributed by atoms with van der Waals surface area (Å²) in [7, 11) is 0. The van der Waals surface area contributed by atoms with Crippen molar-refractivity contribution in [1.29, 1.82) is 0 Å². The molecule has 0 N–H and O–H groups in total. The highest BCUT2D eigenvalue weighted by Gasteiger charge is 2.40. The van der Waals surface area contributed by atoms with Gasteiger partial charge in [0.2, 0.25) is 0 Å². The first-order valence-electron chi connectivity index (χ1n) is 9.72. The number of hydrogen-bond donors (Lipinski definition) is 0. The summed E-state index contributed by atoms with van der Waals surface area (Å²) < 4.78 is 0. The number of thioether (sulfide) groups is 2. The highest BCUT2D eigenvalue weighted by Crippen LogP contribution is 2.44. The number of amides is 2. The molecule has 1 heterocycles. The van der Waals surface area contributed by atoms with E-state index in [9.17, 15) is 9.59 Å². The van der Waals surface area contributed by atoms with Crippen molar-refractivity contribution in [2.45, 2.75) is 30.6 Å². The van der Waals surface area contributed by atoms with E-state index in [1.54, 1.807) is 12.1 Å². The molecule has 0 spiro atoms. The average Bonchev–Trinajstić information content (AvgIpc) is 2.97. The lowest BCUT2D eigenvalue weighted by atomic mass is 10.2. The Morgan fingerprint density at radius 2 is 1.13 bits per heavy atom. The molecule has 1 aliphatic heterocycles. The number of rotatable bonds is 5. The molecule has 3 aromatic rings. The van der Waals surface area contributed by atoms with E-state index in [0.29, 0.717) is 20.5 Å². The van der Waals surface area contributed by atoms with E-state index in [2.05, 4.69) is 0 Å². The van der Waals surface area contributed by atoms with Crippen LogP contribution in [0.25, 0.3) is 0 Å². The number of imide groups is 1. The molecule has 0 saturated carbocycles. The normalized spacial score (nSPS) is 14.0. The Bertz CT molecular complexity index is 1130. The van der Waals surface area contributed by atoms with Crippen molar-refractivity contribution in [3.05, 3.63) is 98.3 Å². The standard InChI is InChI=1S/C25H20ClNO2S2/c1-15-4-10-19(11-5-15)30-22-23(31-20-12-6-16(2)7-13-20)25(29)27(24(22)28)18-9-8-17(3)21(26)14-18/h4-14H,1-3H3. The maximum atomic E-state index is 13.4. The molecule has 0 atom stereocenters. The Kier molecular flexibility index (Phi) is 6.28. The Labute approximate surface area is 195 Å². The minimum atomic E-state index is -0.329. The van der Waals surface area contributed by atoms with Crippen LogP contribution in [0.2, 0.25) is 5.02 Å². The molecule has 156 valence electrons. The molecule has 0 aromatic heterocycles. The third-order valence-corrected chi connectivity index (χ3v) is 7.61. The SMILES string of the molecule is Cc1ccc(SC2=C(Sc3ccc(C)cc3)C(=O)N(c3ccc(C)c(Cl)c3)C2=O)cc1. The zero-order valence-electron chi connectivity index (χ0n) is 17.3. The Morgan fingerprint density at radius 1 is 0.677 bits per heavy atom. The van der Waals surface area contributed by atoms with Crippen LogP contribution in [-0.4, -0.2) is 11.8 Å². The molecule has 6 heteroatoms. The van der Waals surface area contributed by atoms with Gasteiger partial charge in [-0.05, 0) is 62.7 Å². The largest absolute Gasteiger partial charge is 0.273 e. The zero-order chi connectivity index (χ0) is 22.1. The third-order valence-electron chi connectivity index (χ3n) is 4.90. The summed E-state index contributed by atoms with van der Waals surface area (Å²) in [6.07, 6.45) is 0. The van der Waals surface area contributed by atoms with Gasteiger partial charge in [0.15, 0.2) is 0 Å². The van der Waals surface area contributed by atoms with Gasteiger partial charge in [0.25, 0.3) is 11.8 Å². The van der Waals surface area contributed by atoms with E-state index in [1.165, 1.54) is 28.4 Å². The molecule has 0 fully saturated rings. The molecule has 1 aliphatic rings. The second-order valence-corrected chi connectivity index (χ2v) is 9.94. The van der Waals surface area contributed by atoms with Gasteiger partial charge in [-0.1, -0.05) is 76.6 Å². The van der Waals surface area contributed by atoms with Crippen molar-refractivity contribution >= 4 is 52.6 Å². The van der Waals surface area contributed by atoms with Crippen LogP contribution in [-0.2, 0) is 9.59 Å². The highest BCUT2D eigenvalue weighted by molar-refractivity contribution is 8.08. The summed E-state index contributed by atoms with van der Waals surface area (Å²) in [4.78, 5) is 30.7. The predicted molar refractivity (Wildman–Crippen MR) is 130 cm³/mol. The first-order valence-corrected chi connectivity index (χ1v) is 11.7. The maximum Gasteiger partial charge on any atom is 0.273 e. The van der Waals surface area contributed by atoms with Crippen molar-refractivity contribution in [3.8, 4) is 0 Å². The highest BCUT2D eigenvalue weighted by atomic mass is 35.5. The van der Waals surface area contributed by atoms with Crippen molar-refractivity contribution < 1.29 is 9.59 Å². The molecule has 4 rings (SSSR count). The van der Waals surface area contributed by atoms with Crippen LogP contribution in [0.1, 0.15) is 16.7 Å². The van der Waals surface area contributed by atoms with E-state index in [1.807, 2.05) is 75.4 Å². The van der Waals surface area contributed by atoms with Gasteiger partial charge < -0.3 is 0 Å². The molecular formula is C25H20ClNO2S2. The summed E-state index contributed by atoms with van der Waals surface area (Å²) in [5, 5.41) is 0.519. The Balaban J connectivity index is 1.74. The number of anilines is 1. The van der Waals surface area contributed by atoms with Gasteiger partial charge in [0, 0.05) is 14.8 Å². The summed E-state index contributed by atoms with van der Waals surface area (Å²) in [5.74, 6) is -0.657. The number of carbonyl (C=O) groups is 2. The molecule has 0 radical (unpaired) electrons. The number of benzene rings is 3. The minimum absolute atomic E-state index is 0.329. The second kappa shape index (κ2) is 8.95. The summed E-state index contributed by atoms with van der Waals surface area (Å²) in [6.45, 7) is 5.91. The zero-order valence-corrected chi connectivity index (χ0v) is 19.7. The lowest BCUT2D eigenvalue weighted by Gasteiger charge is -2.16. The fourth-order valence-electron chi connectivity index (χ4n) is 3.07. The molecular weight excluding hydrogens is 446 g/mol. The summed E-state index contributed by atoms with van der Waals surface area (Å²) in [6, 6.07) is 21.1. The van der Waals surface area contributed by atoms with Gasteiger partial charge in [-0.25, -0.2) is 4.90 Å².